The summed E-state index contributed by atoms with van der Waals surface area (Å²) in [6.07, 6.45) is 3.09. The molecule has 3 rings (SSSR count). The normalized spacial score (nSPS) is 21.2. The first-order valence-electron chi connectivity index (χ1n) is 8.96. The molecule has 0 saturated heterocycles. The number of rotatable bonds is 6. The smallest absolute Gasteiger partial charge is 0.306 e. The van der Waals surface area contributed by atoms with Gasteiger partial charge in [-0.25, -0.2) is 0 Å². The third-order valence-corrected chi connectivity index (χ3v) is 5.49. The first-order chi connectivity index (χ1) is 12.6. The highest BCUT2D eigenvalue weighted by Crippen LogP contribution is 2.35. The van der Waals surface area contributed by atoms with E-state index in [4.69, 9.17) is 16.3 Å². The molecule has 1 fully saturated rings. The number of halogens is 1. The van der Waals surface area contributed by atoms with Crippen LogP contribution in [-0.2, 0) is 4.79 Å². The second-order valence-electron chi connectivity index (χ2n) is 6.75. The number of carbonyl (C=O) groups is 1. The van der Waals surface area contributed by atoms with Crippen LogP contribution in [0.2, 0.25) is 5.02 Å². The van der Waals surface area contributed by atoms with E-state index in [-0.39, 0.29) is 18.0 Å². The minimum Gasteiger partial charge on any atom is -0.496 e. The van der Waals surface area contributed by atoms with Crippen molar-refractivity contribution < 1.29 is 14.6 Å². The van der Waals surface area contributed by atoms with E-state index >= 15 is 0 Å². The lowest BCUT2D eigenvalue weighted by Gasteiger charge is -2.32. The van der Waals surface area contributed by atoms with Crippen molar-refractivity contribution in [3.63, 3.8) is 0 Å². The molecule has 0 aliphatic heterocycles. The van der Waals surface area contributed by atoms with Gasteiger partial charge in [0.15, 0.2) is 0 Å². The summed E-state index contributed by atoms with van der Waals surface area (Å²) in [5.74, 6) is -0.0990. The molecular weight excluding hydrogens is 350 g/mol. The third-order valence-electron chi connectivity index (χ3n) is 5.14. The van der Waals surface area contributed by atoms with Crippen molar-refractivity contribution in [3.8, 4) is 5.75 Å². The van der Waals surface area contributed by atoms with E-state index in [0.717, 1.165) is 29.7 Å². The Hall–Kier alpha value is -2.04. The van der Waals surface area contributed by atoms with Crippen LogP contribution in [0.15, 0.2) is 48.5 Å². The molecule has 2 aromatic rings. The van der Waals surface area contributed by atoms with Crippen LogP contribution in [0.5, 0.6) is 5.75 Å². The van der Waals surface area contributed by atoms with Crippen molar-refractivity contribution >= 4 is 17.6 Å². The standard InChI is InChI=1S/C21H24ClNO3/c1-26-19-9-5-3-7-17(19)20(16-6-2-4-8-18(16)22)23-15-12-10-14(11-13-15)21(24)25/h2-9,14-15,20,23H,10-13H2,1H3,(H,24,25). The molecule has 0 amide bonds. The highest BCUT2D eigenvalue weighted by molar-refractivity contribution is 6.31. The zero-order valence-electron chi connectivity index (χ0n) is 14.8. The SMILES string of the molecule is COc1ccccc1C(NC1CCC(C(=O)O)CC1)c1ccccc1Cl. The van der Waals surface area contributed by atoms with Crippen molar-refractivity contribution in [2.45, 2.75) is 37.8 Å². The van der Waals surface area contributed by atoms with Gasteiger partial charge in [-0.2, -0.15) is 0 Å². The molecule has 2 N–H and O–H groups in total. The van der Waals surface area contributed by atoms with Gasteiger partial charge in [-0.15, -0.1) is 0 Å². The van der Waals surface area contributed by atoms with Crippen LogP contribution in [0, 0.1) is 5.92 Å². The van der Waals surface area contributed by atoms with E-state index < -0.39 is 5.97 Å². The molecule has 0 heterocycles. The Labute approximate surface area is 159 Å². The molecule has 5 heteroatoms. The molecule has 26 heavy (non-hydrogen) atoms. The molecule has 0 radical (unpaired) electrons. The zero-order chi connectivity index (χ0) is 18.5. The number of carboxylic acids is 1. The number of benzene rings is 2. The quantitative estimate of drug-likeness (QED) is 0.772. The summed E-state index contributed by atoms with van der Waals surface area (Å²) in [7, 11) is 1.67. The molecule has 0 aromatic heterocycles. The van der Waals surface area contributed by atoms with Crippen molar-refractivity contribution in [3.05, 3.63) is 64.7 Å². The van der Waals surface area contributed by atoms with Crippen LogP contribution < -0.4 is 10.1 Å². The second kappa shape index (κ2) is 8.56. The molecule has 1 atom stereocenters. The van der Waals surface area contributed by atoms with Crippen molar-refractivity contribution in [1.82, 2.24) is 5.32 Å². The monoisotopic (exact) mass is 373 g/mol. The fourth-order valence-corrected chi connectivity index (χ4v) is 3.95. The third kappa shape index (κ3) is 4.19. The molecule has 138 valence electrons. The van der Waals surface area contributed by atoms with Gasteiger partial charge in [0.2, 0.25) is 0 Å². The predicted molar refractivity (Wildman–Crippen MR) is 103 cm³/mol. The number of methoxy groups -OCH3 is 1. The van der Waals surface area contributed by atoms with Crippen molar-refractivity contribution in [2.24, 2.45) is 5.92 Å². The molecule has 1 aliphatic rings. The van der Waals surface area contributed by atoms with Crippen LogP contribution in [0.25, 0.3) is 0 Å². The van der Waals surface area contributed by atoms with Gasteiger partial charge in [-0.05, 0) is 43.4 Å². The largest absolute Gasteiger partial charge is 0.496 e. The number of aliphatic carboxylic acids is 1. The van der Waals surface area contributed by atoms with E-state index in [1.165, 1.54) is 0 Å². The maximum atomic E-state index is 11.2. The van der Waals surface area contributed by atoms with E-state index in [9.17, 15) is 9.90 Å². The van der Waals surface area contributed by atoms with E-state index in [1.54, 1.807) is 7.11 Å². The maximum absolute atomic E-state index is 11.2. The molecule has 4 nitrogen and oxygen atoms in total. The minimum absolute atomic E-state index is 0.105. The van der Waals surface area contributed by atoms with Gasteiger partial charge in [-0.1, -0.05) is 48.0 Å². The summed E-state index contributed by atoms with van der Waals surface area (Å²) in [5, 5.41) is 13.6. The first-order valence-corrected chi connectivity index (χ1v) is 9.34. The topological polar surface area (TPSA) is 58.6 Å². The Bertz CT molecular complexity index is 756. The number of hydrogen-bond acceptors (Lipinski definition) is 3. The average Bonchev–Trinajstić information content (AvgIpc) is 2.67. The fourth-order valence-electron chi connectivity index (χ4n) is 3.70. The molecule has 0 spiro atoms. The van der Waals surface area contributed by atoms with E-state index in [2.05, 4.69) is 5.32 Å². The lowest BCUT2D eigenvalue weighted by Crippen LogP contribution is -2.38. The lowest BCUT2D eigenvalue weighted by atomic mass is 9.85. The van der Waals surface area contributed by atoms with Crippen LogP contribution in [-0.4, -0.2) is 24.2 Å². The van der Waals surface area contributed by atoms with Gasteiger partial charge in [0, 0.05) is 16.6 Å². The van der Waals surface area contributed by atoms with Gasteiger partial charge >= 0.3 is 5.97 Å². The number of ether oxygens (including phenoxy) is 1. The summed E-state index contributed by atoms with van der Waals surface area (Å²) >= 11 is 6.49. The summed E-state index contributed by atoms with van der Waals surface area (Å²) in [6, 6.07) is 15.9. The Morgan fingerprint density at radius 3 is 2.31 bits per heavy atom. The van der Waals surface area contributed by atoms with E-state index in [1.807, 2.05) is 48.5 Å². The van der Waals surface area contributed by atoms with Crippen LogP contribution in [0.4, 0.5) is 0 Å². The van der Waals surface area contributed by atoms with Crippen LogP contribution in [0.3, 0.4) is 0 Å². The first kappa shape index (κ1) is 18.7. The summed E-state index contributed by atoms with van der Waals surface area (Å²) in [4.78, 5) is 11.2. The Morgan fingerprint density at radius 2 is 1.69 bits per heavy atom. The molecule has 1 unspecified atom stereocenters. The summed E-state index contributed by atoms with van der Waals surface area (Å²) in [5.41, 5.74) is 2.03. The Balaban J connectivity index is 1.87. The fraction of sp³-hybridized carbons (Fsp3) is 0.381. The highest BCUT2D eigenvalue weighted by atomic mass is 35.5. The average molecular weight is 374 g/mol. The highest BCUT2D eigenvalue weighted by Gasteiger charge is 2.29. The second-order valence-corrected chi connectivity index (χ2v) is 7.16. The van der Waals surface area contributed by atoms with Crippen LogP contribution in [0.1, 0.15) is 42.9 Å². The minimum atomic E-state index is -0.684. The molecular formula is C21H24ClNO3. The molecule has 1 aliphatic carbocycles. The molecule has 1 saturated carbocycles. The Kier molecular flexibility index (Phi) is 6.17. The van der Waals surface area contributed by atoms with Gasteiger partial charge < -0.3 is 15.2 Å². The summed E-state index contributed by atoms with van der Waals surface area (Å²) < 4.78 is 5.56. The van der Waals surface area contributed by atoms with E-state index in [0.29, 0.717) is 17.9 Å². The molecule has 2 aromatic carbocycles. The number of hydrogen-bond donors (Lipinski definition) is 2. The lowest BCUT2D eigenvalue weighted by molar-refractivity contribution is -0.142. The van der Waals surface area contributed by atoms with Gasteiger partial charge in [0.25, 0.3) is 0 Å². The zero-order valence-corrected chi connectivity index (χ0v) is 15.6. The van der Waals surface area contributed by atoms with Gasteiger partial charge in [0.1, 0.15) is 5.75 Å². The Morgan fingerprint density at radius 1 is 1.08 bits per heavy atom. The number of para-hydroxylation sites is 1. The van der Waals surface area contributed by atoms with Crippen molar-refractivity contribution in [2.75, 3.05) is 7.11 Å². The number of nitrogens with one attached hydrogen (secondary N) is 1. The predicted octanol–water partition coefficient (Wildman–Crippen LogP) is 4.67. The van der Waals surface area contributed by atoms with Crippen molar-refractivity contribution in [1.29, 1.82) is 0 Å². The number of carboxylic acid groups (broad SMARTS) is 1. The van der Waals surface area contributed by atoms with Gasteiger partial charge in [-0.3, -0.25) is 4.79 Å². The van der Waals surface area contributed by atoms with Gasteiger partial charge in [0.05, 0.1) is 19.1 Å². The molecule has 0 bridgehead atoms. The maximum Gasteiger partial charge on any atom is 0.306 e. The van der Waals surface area contributed by atoms with Crippen LogP contribution >= 0.6 is 11.6 Å². The summed E-state index contributed by atoms with van der Waals surface area (Å²) in [6.45, 7) is 0.